The number of piperidine rings is 2. The summed E-state index contributed by atoms with van der Waals surface area (Å²) in [6, 6.07) is 11.8. The van der Waals surface area contributed by atoms with E-state index in [1.165, 1.54) is 16.0 Å². The molecule has 1 aromatic heterocycles. The van der Waals surface area contributed by atoms with E-state index < -0.39 is 17.6 Å². The van der Waals surface area contributed by atoms with Crippen molar-refractivity contribution in [1.29, 1.82) is 0 Å². The lowest BCUT2D eigenvalue weighted by Crippen LogP contribution is -2.74. The monoisotopic (exact) mass is 515 g/mol. The first kappa shape index (κ1) is 23.9. The van der Waals surface area contributed by atoms with Crippen LogP contribution in [0.15, 0.2) is 36.4 Å². The summed E-state index contributed by atoms with van der Waals surface area (Å²) < 4.78 is 0. The van der Waals surface area contributed by atoms with E-state index in [1.54, 1.807) is 12.1 Å². The maximum Gasteiger partial charge on any atom is 0.256 e. The number of pyridine rings is 1. The normalized spacial score (nSPS) is 31.9. The zero-order valence-electron chi connectivity index (χ0n) is 21.4. The minimum Gasteiger partial charge on any atom is -0.383 e. The molecule has 2 saturated heterocycles. The van der Waals surface area contributed by atoms with Crippen molar-refractivity contribution in [2.45, 2.75) is 80.6 Å². The van der Waals surface area contributed by atoms with Crippen molar-refractivity contribution >= 4 is 17.7 Å². The van der Waals surface area contributed by atoms with Gasteiger partial charge in [0, 0.05) is 37.0 Å². The maximum atomic E-state index is 13.0. The van der Waals surface area contributed by atoms with Crippen molar-refractivity contribution in [3.05, 3.63) is 64.5 Å². The van der Waals surface area contributed by atoms with Crippen molar-refractivity contribution in [3.63, 3.8) is 0 Å². The Hall–Kier alpha value is -3.14. The second-order valence-corrected chi connectivity index (χ2v) is 12.3. The number of likely N-dealkylation sites (tertiary alicyclic amines) is 1. The van der Waals surface area contributed by atoms with Crippen LogP contribution >= 0.6 is 0 Å². The van der Waals surface area contributed by atoms with Crippen molar-refractivity contribution in [1.82, 2.24) is 20.1 Å². The summed E-state index contributed by atoms with van der Waals surface area (Å²) in [5.41, 5.74) is 9.94. The first-order valence-corrected chi connectivity index (χ1v) is 13.6. The second-order valence-electron chi connectivity index (χ2n) is 12.3. The first-order chi connectivity index (χ1) is 18.2. The highest BCUT2D eigenvalue weighted by molar-refractivity contribution is 6.05. The van der Waals surface area contributed by atoms with E-state index in [1.807, 2.05) is 0 Å². The third-order valence-electron chi connectivity index (χ3n) is 9.58. The molecule has 0 spiro atoms. The van der Waals surface area contributed by atoms with Crippen LogP contribution < -0.4 is 11.1 Å². The number of hydrogen-bond acceptors (Lipinski definition) is 7. The fourth-order valence-corrected chi connectivity index (χ4v) is 7.43. The van der Waals surface area contributed by atoms with Crippen molar-refractivity contribution in [2.75, 3.05) is 13.1 Å². The number of aromatic nitrogens is 1. The number of benzene rings is 1. The van der Waals surface area contributed by atoms with Gasteiger partial charge in [-0.05, 0) is 61.8 Å². The molecule has 1 atom stereocenters. The molecule has 8 rings (SSSR count). The highest BCUT2D eigenvalue weighted by Gasteiger charge is 2.66. The average molecular weight is 516 g/mol. The predicted octanol–water partition coefficient (Wildman–Crippen LogP) is 1.46. The lowest BCUT2D eigenvalue weighted by molar-refractivity contribution is -0.136. The van der Waals surface area contributed by atoms with Crippen molar-refractivity contribution < 1.29 is 19.5 Å². The van der Waals surface area contributed by atoms with Gasteiger partial charge in [-0.3, -0.25) is 29.6 Å². The molecule has 9 heteroatoms. The highest BCUT2D eigenvalue weighted by atomic mass is 16.3. The molecular formula is C29H33N5O4. The van der Waals surface area contributed by atoms with Gasteiger partial charge < -0.3 is 15.7 Å². The minimum absolute atomic E-state index is 0.111. The minimum atomic E-state index is -1.05. The molecule has 0 radical (unpaired) electrons. The Bertz CT molecular complexity index is 1330. The van der Waals surface area contributed by atoms with E-state index in [0.29, 0.717) is 41.6 Å². The number of imide groups is 1. The predicted molar refractivity (Wildman–Crippen MR) is 138 cm³/mol. The maximum absolute atomic E-state index is 13.0. The van der Waals surface area contributed by atoms with Gasteiger partial charge in [0.25, 0.3) is 5.91 Å². The molecule has 9 nitrogen and oxygen atoms in total. The summed E-state index contributed by atoms with van der Waals surface area (Å²) in [5, 5.41) is 13.8. The molecule has 5 fully saturated rings. The van der Waals surface area contributed by atoms with Gasteiger partial charge in [0.05, 0.1) is 23.5 Å². The average Bonchev–Trinajstić information content (AvgIpc) is 3.19. The van der Waals surface area contributed by atoms with Crippen molar-refractivity contribution in [3.8, 4) is 0 Å². The summed E-state index contributed by atoms with van der Waals surface area (Å²) in [7, 11) is 0. The summed E-state index contributed by atoms with van der Waals surface area (Å²) in [5.74, 6) is -0.999. The van der Waals surface area contributed by atoms with E-state index in [2.05, 4.69) is 34.5 Å². The number of carbonyl (C=O) groups is 3. The van der Waals surface area contributed by atoms with Gasteiger partial charge >= 0.3 is 0 Å². The zero-order valence-corrected chi connectivity index (χ0v) is 21.4. The Balaban J connectivity index is 0.984. The summed E-state index contributed by atoms with van der Waals surface area (Å²) in [6.45, 7) is 2.55. The van der Waals surface area contributed by atoms with Crippen LogP contribution in [0, 0.1) is 0 Å². The van der Waals surface area contributed by atoms with Crippen LogP contribution in [0.3, 0.4) is 0 Å². The molecule has 3 aliphatic carbocycles. The number of fused-ring (bicyclic) bond motifs is 1. The van der Waals surface area contributed by atoms with E-state index in [0.717, 1.165) is 38.9 Å². The number of nitrogens with zero attached hydrogens (tertiary/aromatic N) is 3. The molecule has 4 N–H and O–H groups in total. The molecule has 2 aromatic rings. The van der Waals surface area contributed by atoms with Crippen molar-refractivity contribution in [2.24, 2.45) is 5.73 Å². The zero-order chi connectivity index (χ0) is 26.3. The Morgan fingerprint density at radius 2 is 1.74 bits per heavy atom. The molecule has 1 unspecified atom stereocenters. The molecular weight excluding hydrogens is 482 g/mol. The Kier molecular flexibility index (Phi) is 5.15. The van der Waals surface area contributed by atoms with Crippen LogP contribution in [0.1, 0.15) is 77.8 Å². The number of rotatable bonds is 5. The van der Waals surface area contributed by atoms with Gasteiger partial charge in [-0.1, -0.05) is 24.3 Å². The number of carbonyl (C=O) groups excluding carboxylic acids is 3. The molecule has 2 bridgehead atoms. The van der Waals surface area contributed by atoms with Gasteiger partial charge in [-0.2, -0.15) is 0 Å². The smallest absolute Gasteiger partial charge is 0.256 e. The standard InChI is InChI=1S/C29H33N5O4/c30-28-15-27(16-28,17-28)19-3-1-18(2-4-19)13-33-11-9-29(38,10-12-33)23-7-5-20-21(31-23)14-34(26(20)37)22-6-8-24(35)32-25(22)36/h1-5,7,22,38H,6,8-17,30H2,(H,32,35,36). The molecule has 38 heavy (non-hydrogen) atoms. The summed E-state index contributed by atoms with van der Waals surface area (Å²) in [4.78, 5) is 45.3. The topological polar surface area (TPSA) is 129 Å². The Labute approximate surface area is 221 Å². The van der Waals surface area contributed by atoms with E-state index in [4.69, 9.17) is 10.7 Å². The summed E-state index contributed by atoms with van der Waals surface area (Å²) >= 11 is 0. The molecule has 6 aliphatic rings. The fourth-order valence-electron chi connectivity index (χ4n) is 7.43. The number of nitrogens with one attached hydrogen (secondary N) is 1. The van der Waals surface area contributed by atoms with Crippen LogP contribution in [0.25, 0.3) is 0 Å². The molecule has 198 valence electrons. The van der Waals surface area contributed by atoms with E-state index in [-0.39, 0.29) is 30.3 Å². The quantitative estimate of drug-likeness (QED) is 0.514. The fraction of sp³-hybridized carbons (Fsp3) is 0.517. The van der Waals surface area contributed by atoms with Gasteiger partial charge in [-0.25, -0.2) is 0 Å². The first-order valence-electron chi connectivity index (χ1n) is 13.6. The van der Waals surface area contributed by atoms with Crippen LogP contribution in [-0.4, -0.2) is 62.3 Å². The molecule has 3 saturated carbocycles. The number of nitrogens with two attached hydrogens (primary N) is 1. The van der Waals surface area contributed by atoms with Crippen LogP contribution in [0.4, 0.5) is 0 Å². The van der Waals surface area contributed by atoms with Gasteiger partial charge in [0.1, 0.15) is 11.6 Å². The van der Waals surface area contributed by atoms with Gasteiger partial charge in [-0.15, -0.1) is 0 Å². The third-order valence-corrected chi connectivity index (χ3v) is 9.58. The molecule has 3 amide bonds. The largest absolute Gasteiger partial charge is 0.383 e. The van der Waals surface area contributed by atoms with Crippen LogP contribution in [-0.2, 0) is 33.7 Å². The van der Waals surface area contributed by atoms with E-state index >= 15 is 0 Å². The molecule has 4 heterocycles. The van der Waals surface area contributed by atoms with Crippen LogP contribution in [0.5, 0.6) is 0 Å². The van der Waals surface area contributed by atoms with Gasteiger partial charge in [0.2, 0.25) is 11.8 Å². The lowest BCUT2D eigenvalue weighted by atomic mass is 9.38. The number of hydrogen-bond donors (Lipinski definition) is 3. The number of amides is 3. The highest BCUT2D eigenvalue weighted by Crippen LogP contribution is 2.66. The third kappa shape index (κ3) is 3.71. The Morgan fingerprint density at radius 1 is 1.03 bits per heavy atom. The molecule has 3 aliphatic heterocycles. The second kappa shape index (κ2) is 8.18. The number of aliphatic hydroxyl groups is 1. The van der Waals surface area contributed by atoms with Crippen LogP contribution in [0.2, 0.25) is 0 Å². The van der Waals surface area contributed by atoms with Gasteiger partial charge in [0.15, 0.2) is 0 Å². The van der Waals surface area contributed by atoms with E-state index in [9.17, 15) is 19.5 Å². The molecule has 1 aromatic carbocycles. The SMILES string of the molecule is NC12CC(c3ccc(CN4CCC(O)(c5ccc6c(n5)CN(C5CCC(=O)NC5=O)C6=O)CC4)cc3)(C1)C2. The summed E-state index contributed by atoms with van der Waals surface area (Å²) in [6.07, 6.45) is 4.99. The lowest BCUT2D eigenvalue weighted by Gasteiger charge is -2.69. The Morgan fingerprint density at radius 3 is 2.39 bits per heavy atom.